The molecule has 0 bridgehead atoms. The standard InChI is InChI=1S/C20H14Cl2INO4/c1-3-6-27-18-15(23)7-11(9-17(18)26-2)8-16-20(25)28-19(24-16)13-5-4-12(21)10-14(13)22/h3-5,7-10H,1,6H2,2H3/b16-8-. The number of carbonyl (C=O) groups excluding carboxylic acids is 1. The Bertz CT molecular complexity index is 1020. The van der Waals surface area contributed by atoms with Crippen LogP contribution in [0.1, 0.15) is 11.1 Å². The molecule has 0 saturated carbocycles. The SMILES string of the molecule is C=CCOc1c(I)cc(/C=C2\N=C(c3ccc(Cl)cc3Cl)OC2=O)cc1OC. The number of carbonyl (C=O) groups is 1. The van der Waals surface area contributed by atoms with Gasteiger partial charge in [-0.2, -0.15) is 0 Å². The molecule has 8 heteroatoms. The van der Waals surface area contributed by atoms with Crippen LogP contribution in [0.5, 0.6) is 11.5 Å². The van der Waals surface area contributed by atoms with Gasteiger partial charge in [-0.1, -0.05) is 35.9 Å². The maximum Gasteiger partial charge on any atom is 0.363 e. The van der Waals surface area contributed by atoms with Crippen LogP contribution >= 0.6 is 45.8 Å². The lowest BCUT2D eigenvalue weighted by Gasteiger charge is -2.12. The van der Waals surface area contributed by atoms with Gasteiger partial charge >= 0.3 is 5.97 Å². The number of methoxy groups -OCH3 is 1. The quantitative estimate of drug-likeness (QED) is 0.214. The molecule has 1 heterocycles. The van der Waals surface area contributed by atoms with Gasteiger partial charge in [0, 0.05) is 5.02 Å². The third-order valence-corrected chi connectivity index (χ3v) is 5.03. The van der Waals surface area contributed by atoms with Crippen LogP contribution in [0.4, 0.5) is 0 Å². The van der Waals surface area contributed by atoms with Gasteiger partial charge in [-0.15, -0.1) is 0 Å². The normalized spacial score (nSPS) is 14.6. The molecule has 2 aromatic rings. The maximum atomic E-state index is 12.2. The Kier molecular flexibility index (Phi) is 6.64. The third kappa shape index (κ3) is 4.51. The molecule has 0 radical (unpaired) electrons. The first-order chi connectivity index (χ1) is 13.4. The zero-order valence-corrected chi connectivity index (χ0v) is 18.3. The van der Waals surface area contributed by atoms with Gasteiger partial charge in [-0.25, -0.2) is 9.79 Å². The minimum Gasteiger partial charge on any atom is -0.493 e. The average Bonchev–Trinajstić information content (AvgIpc) is 3.00. The molecule has 0 unspecified atom stereocenters. The van der Waals surface area contributed by atoms with Crippen LogP contribution in [0.25, 0.3) is 6.08 Å². The number of ether oxygens (including phenoxy) is 3. The Labute approximate surface area is 185 Å². The molecule has 144 valence electrons. The van der Waals surface area contributed by atoms with E-state index in [0.29, 0.717) is 39.3 Å². The van der Waals surface area contributed by atoms with Gasteiger partial charge in [-0.3, -0.25) is 0 Å². The van der Waals surface area contributed by atoms with Gasteiger partial charge in [0.05, 0.1) is 21.3 Å². The second-order valence-electron chi connectivity index (χ2n) is 5.59. The topological polar surface area (TPSA) is 57.1 Å². The number of rotatable bonds is 6. The highest BCUT2D eigenvalue weighted by Crippen LogP contribution is 2.35. The summed E-state index contributed by atoms with van der Waals surface area (Å²) >= 11 is 14.2. The lowest BCUT2D eigenvalue weighted by molar-refractivity contribution is -0.129. The lowest BCUT2D eigenvalue weighted by atomic mass is 10.1. The van der Waals surface area contributed by atoms with E-state index in [9.17, 15) is 4.79 Å². The summed E-state index contributed by atoms with van der Waals surface area (Å²) in [5.74, 6) is 0.709. The van der Waals surface area contributed by atoms with E-state index in [-0.39, 0.29) is 11.6 Å². The number of cyclic esters (lactones) is 1. The second kappa shape index (κ2) is 8.98. The summed E-state index contributed by atoms with van der Waals surface area (Å²) < 4.78 is 17.1. The van der Waals surface area contributed by atoms with Gasteiger partial charge in [-0.05, 0) is 64.6 Å². The minimum atomic E-state index is -0.568. The Balaban J connectivity index is 1.96. The second-order valence-corrected chi connectivity index (χ2v) is 7.60. The van der Waals surface area contributed by atoms with E-state index in [0.717, 1.165) is 3.57 Å². The monoisotopic (exact) mass is 529 g/mol. The molecule has 5 nitrogen and oxygen atoms in total. The van der Waals surface area contributed by atoms with Gasteiger partial charge in [0.15, 0.2) is 17.2 Å². The number of hydrogen-bond donors (Lipinski definition) is 0. The minimum absolute atomic E-state index is 0.130. The van der Waals surface area contributed by atoms with E-state index in [1.54, 1.807) is 43.5 Å². The van der Waals surface area contributed by atoms with Crippen LogP contribution < -0.4 is 9.47 Å². The molecule has 0 atom stereocenters. The first-order valence-electron chi connectivity index (χ1n) is 8.02. The van der Waals surface area contributed by atoms with Crippen molar-refractivity contribution in [2.24, 2.45) is 4.99 Å². The number of esters is 1. The fourth-order valence-corrected chi connectivity index (χ4v) is 3.72. The van der Waals surface area contributed by atoms with Crippen molar-refractivity contribution in [3.05, 3.63) is 73.4 Å². The first-order valence-corrected chi connectivity index (χ1v) is 9.85. The lowest BCUT2D eigenvalue weighted by Crippen LogP contribution is -2.06. The van der Waals surface area contributed by atoms with Gasteiger partial charge < -0.3 is 14.2 Å². The largest absolute Gasteiger partial charge is 0.493 e. The summed E-state index contributed by atoms with van der Waals surface area (Å²) in [4.78, 5) is 16.5. The summed E-state index contributed by atoms with van der Waals surface area (Å²) in [6.07, 6.45) is 3.26. The summed E-state index contributed by atoms with van der Waals surface area (Å²) in [6, 6.07) is 8.47. The maximum absolute atomic E-state index is 12.2. The highest BCUT2D eigenvalue weighted by molar-refractivity contribution is 14.1. The molecule has 0 saturated heterocycles. The Morgan fingerprint density at radius 3 is 2.75 bits per heavy atom. The van der Waals surface area contributed by atoms with Crippen LogP contribution in [0, 0.1) is 3.57 Å². The molecule has 0 amide bonds. The summed E-state index contributed by atoms with van der Waals surface area (Å²) in [5, 5.41) is 0.829. The number of hydrogen-bond acceptors (Lipinski definition) is 5. The van der Waals surface area contributed by atoms with Crippen LogP contribution in [0.2, 0.25) is 10.0 Å². The smallest absolute Gasteiger partial charge is 0.363 e. The van der Waals surface area contributed by atoms with Crippen molar-refractivity contribution in [2.45, 2.75) is 0 Å². The van der Waals surface area contributed by atoms with Crippen molar-refractivity contribution in [1.82, 2.24) is 0 Å². The van der Waals surface area contributed by atoms with E-state index >= 15 is 0 Å². The fraction of sp³-hybridized carbons (Fsp3) is 0.100. The van der Waals surface area contributed by atoms with E-state index in [1.807, 2.05) is 6.07 Å². The zero-order valence-electron chi connectivity index (χ0n) is 14.7. The molecule has 3 rings (SSSR count). The van der Waals surface area contributed by atoms with Crippen molar-refractivity contribution in [3.8, 4) is 11.5 Å². The predicted octanol–water partition coefficient (Wildman–Crippen LogP) is 5.52. The predicted molar refractivity (Wildman–Crippen MR) is 118 cm³/mol. The molecule has 0 fully saturated rings. The Morgan fingerprint density at radius 2 is 2.07 bits per heavy atom. The molecule has 2 aromatic carbocycles. The van der Waals surface area contributed by atoms with Crippen LogP contribution in [-0.2, 0) is 9.53 Å². The van der Waals surface area contributed by atoms with Gasteiger partial charge in [0.2, 0.25) is 5.90 Å². The summed E-state index contributed by atoms with van der Waals surface area (Å²) in [7, 11) is 1.55. The van der Waals surface area contributed by atoms with E-state index in [4.69, 9.17) is 37.4 Å². The van der Waals surface area contributed by atoms with E-state index < -0.39 is 5.97 Å². The molecule has 0 spiro atoms. The molecule has 0 N–H and O–H groups in total. The van der Waals surface area contributed by atoms with Crippen LogP contribution in [0.3, 0.4) is 0 Å². The highest BCUT2D eigenvalue weighted by Gasteiger charge is 2.26. The van der Waals surface area contributed by atoms with E-state index in [1.165, 1.54) is 0 Å². The van der Waals surface area contributed by atoms with Crippen molar-refractivity contribution in [3.63, 3.8) is 0 Å². The number of nitrogens with zero attached hydrogens (tertiary/aromatic N) is 1. The van der Waals surface area contributed by atoms with E-state index in [2.05, 4.69) is 34.2 Å². The molecule has 0 aliphatic carbocycles. The highest BCUT2D eigenvalue weighted by atomic mass is 127. The number of benzene rings is 2. The number of aliphatic imine (C=N–C) groups is 1. The molecular weight excluding hydrogens is 516 g/mol. The average molecular weight is 530 g/mol. The van der Waals surface area contributed by atoms with Crippen LogP contribution in [0.15, 0.2) is 53.7 Å². The van der Waals surface area contributed by atoms with Gasteiger partial charge in [0.25, 0.3) is 0 Å². The first kappa shape index (κ1) is 20.7. The Hall–Kier alpha value is -2.03. The molecule has 0 aromatic heterocycles. The Morgan fingerprint density at radius 1 is 1.29 bits per heavy atom. The van der Waals surface area contributed by atoms with Crippen molar-refractivity contribution in [1.29, 1.82) is 0 Å². The van der Waals surface area contributed by atoms with Crippen molar-refractivity contribution in [2.75, 3.05) is 13.7 Å². The molecule has 28 heavy (non-hydrogen) atoms. The summed E-state index contributed by atoms with van der Waals surface area (Å²) in [6.45, 7) is 3.99. The number of halogens is 3. The summed E-state index contributed by atoms with van der Waals surface area (Å²) in [5.41, 5.74) is 1.35. The zero-order chi connectivity index (χ0) is 20.3. The molecule has 1 aliphatic heterocycles. The van der Waals surface area contributed by atoms with Crippen molar-refractivity contribution >= 4 is 63.7 Å². The third-order valence-electron chi connectivity index (χ3n) is 3.68. The molecule has 1 aliphatic rings. The van der Waals surface area contributed by atoms with Crippen molar-refractivity contribution < 1.29 is 19.0 Å². The van der Waals surface area contributed by atoms with Gasteiger partial charge in [0.1, 0.15) is 6.61 Å². The van der Waals surface area contributed by atoms with Crippen LogP contribution in [-0.4, -0.2) is 25.6 Å². The fourth-order valence-electron chi connectivity index (χ4n) is 2.45. The molecular formula is C20H14Cl2INO4.